The Morgan fingerprint density at radius 3 is 2.49 bits per heavy atom. The summed E-state index contributed by atoms with van der Waals surface area (Å²) in [5, 5.41) is 0.564. The zero-order valence-corrected chi connectivity index (χ0v) is 19.5. The van der Waals surface area contributed by atoms with Crippen LogP contribution in [-0.2, 0) is 6.18 Å². The van der Waals surface area contributed by atoms with Crippen LogP contribution in [0.5, 0.6) is 11.5 Å². The number of piperazine rings is 1. The monoisotopic (exact) mass is 499 g/mol. The van der Waals surface area contributed by atoms with E-state index in [9.17, 15) is 18.0 Å². The van der Waals surface area contributed by atoms with Crippen molar-refractivity contribution in [2.24, 2.45) is 4.99 Å². The standard InChI is InChI=1S/C26H21ClF3N3O2/c1-16-15-32(12-13-33(16)25(34)17-6-9-19(27)10-7-17)24-20-4-2-3-5-22(20)35-23-14-18(26(28,29)30)8-11-21(23)31-24/h2-11,14,16H,12-13,15H2,1H3/t16-/m0/s1. The molecule has 1 amide bonds. The highest BCUT2D eigenvalue weighted by Gasteiger charge is 2.34. The predicted octanol–water partition coefficient (Wildman–Crippen LogP) is 6.39. The molecule has 0 radical (unpaired) electrons. The Kier molecular flexibility index (Phi) is 5.92. The van der Waals surface area contributed by atoms with Gasteiger partial charge in [-0.1, -0.05) is 23.7 Å². The van der Waals surface area contributed by atoms with E-state index in [-0.39, 0.29) is 17.7 Å². The van der Waals surface area contributed by atoms with E-state index in [1.807, 2.05) is 28.9 Å². The normalized spacial score (nSPS) is 17.6. The minimum absolute atomic E-state index is 0.0480. The van der Waals surface area contributed by atoms with Crippen LogP contribution in [0.4, 0.5) is 18.9 Å². The predicted molar refractivity (Wildman–Crippen MR) is 128 cm³/mol. The molecule has 1 fully saturated rings. The molecule has 35 heavy (non-hydrogen) atoms. The first-order chi connectivity index (χ1) is 16.7. The van der Waals surface area contributed by atoms with E-state index in [1.54, 1.807) is 36.4 Å². The van der Waals surface area contributed by atoms with E-state index in [0.29, 0.717) is 53.1 Å². The van der Waals surface area contributed by atoms with Crippen LogP contribution in [0.2, 0.25) is 5.02 Å². The molecule has 2 aliphatic heterocycles. The van der Waals surface area contributed by atoms with Gasteiger partial charge in [-0.15, -0.1) is 0 Å². The summed E-state index contributed by atoms with van der Waals surface area (Å²) in [4.78, 5) is 21.6. The van der Waals surface area contributed by atoms with Crippen molar-refractivity contribution in [2.45, 2.75) is 19.1 Å². The molecule has 2 heterocycles. The number of fused-ring (bicyclic) bond motifs is 2. The van der Waals surface area contributed by atoms with E-state index < -0.39 is 11.7 Å². The number of halogens is 4. The third kappa shape index (κ3) is 4.58. The Balaban J connectivity index is 1.45. The maximum atomic E-state index is 13.3. The number of ether oxygens (including phenoxy) is 1. The molecule has 180 valence electrons. The molecule has 5 rings (SSSR count). The Labute approximate surface area is 205 Å². The van der Waals surface area contributed by atoms with Gasteiger partial charge in [0.2, 0.25) is 0 Å². The van der Waals surface area contributed by atoms with Crippen LogP contribution in [0.25, 0.3) is 0 Å². The summed E-state index contributed by atoms with van der Waals surface area (Å²) in [6.45, 7) is 3.43. The fourth-order valence-corrected chi connectivity index (χ4v) is 4.47. The average Bonchev–Trinajstić information content (AvgIpc) is 3.00. The zero-order valence-electron chi connectivity index (χ0n) is 18.7. The molecule has 1 atom stereocenters. The van der Waals surface area contributed by atoms with Gasteiger partial charge in [0, 0.05) is 36.3 Å². The van der Waals surface area contributed by atoms with Crippen molar-refractivity contribution in [3.63, 3.8) is 0 Å². The number of carbonyl (C=O) groups is 1. The molecule has 0 spiro atoms. The highest BCUT2D eigenvalue weighted by molar-refractivity contribution is 6.30. The minimum Gasteiger partial charge on any atom is -0.454 e. The lowest BCUT2D eigenvalue weighted by Crippen LogP contribution is -2.55. The number of hydrogen-bond donors (Lipinski definition) is 0. The minimum atomic E-state index is -4.49. The van der Waals surface area contributed by atoms with E-state index in [4.69, 9.17) is 21.3 Å². The summed E-state index contributed by atoms with van der Waals surface area (Å²) >= 11 is 5.95. The first kappa shape index (κ1) is 23.2. The Morgan fingerprint density at radius 1 is 1.03 bits per heavy atom. The highest BCUT2D eigenvalue weighted by atomic mass is 35.5. The van der Waals surface area contributed by atoms with Gasteiger partial charge in [-0.25, -0.2) is 4.99 Å². The van der Waals surface area contributed by atoms with Crippen molar-refractivity contribution in [2.75, 3.05) is 19.6 Å². The van der Waals surface area contributed by atoms with Gasteiger partial charge in [-0.3, -0.25) is 4.79 Å². The summed E-state index contributed by atoms with van der Waals surface area (Å²) in [5.41, 5.74) is 0.767. The lowest BCUT2D eigenvalue weighted by atomic mass is 10.1. The summed E-state index contributed by atoms with van der Waals surface area (Å²) in [7, 11) is 0. The van der Waals surface area contributed by atoms with Gasteiger partial charge in [0.05, 0.1) is 11.1 Å². The lowest BCUT2D eigenvalue weighted by molar-refractivity contribution is -0.137. The number of benzene rings is 3. The van der Waals surface area contributed by atoms with Crippen molar-refractivity contribution in [1.82, 2.24) is 9.80 Å². The van der Waals surface area contributed by atoms with Crippen LogP contribution < -0.4 is 4.74 Å². The van der Waals surface area contributed by atoms with Gasteiger partial charge in [0.25, 0.3) is 5.91 Å². The molecule has 0 N–H and O–H groups in total. The number of aliphatic imine (C=N–C) groups is 1. The second kappa shape index (κ2) is 8.92. The molecular weight excluding hydrogens is 479 g/mol. The first-order valence-electron chi connectivity index (χ1n) is 11.1. The van der Waals surface area contributed by atoms with Crippen LogP contribution in [-0.4, -0.2) is 47.2 Å². The smallest absolute Gasteiger partial charge is 0.416 e. The van der Waals surface area contributed by atoms with Gasteiger partial charge in [0.1, 0.15) is 17.3 Å². The molecular formula is C26H21ClF3N3O2. The Hall–Kier alpha value is -3.52. The van der Waals surface area contributed by atoms with E-state index >= 15 is 0 Å². The van der Waals surface area contributed by atoms with Crippen molar-refractivity contribution >= 4 is 29.0 Å². The van der Waals surface area contributed by atoms with Crippen LogP contribution in [0.1, 0.15) is 28.4 Å². The van der Waals surface area contributed by atoms with Crippen molar-refractivity contribution in [3.8, 4) is 11.5 Å². The average molecular weight is 500 g/mol. The zero-order chi connectivity index (χ0) is 24.7. The number of amidine groups is 1. The topological polar surface area (TPSA) is 45.1 Å². The molecule has 3 aromatic carbocycles. The SMILES string of the molecule is C[C@H]1CN(C2=Nc3ccc(C(F)(F)F)cc3Oc3ccccc32)CCN1C(=O)c1ccc(Cl)cc1. The number of nitrogens with zero attached hydrogens (tertiary/aromatic N) is 3. The van der Waals surface area contributed by atoms with Gasteiger partial charge in [-0.05, 0) is 61.5 Å². The summed E-state index contributed by atoms with van der Waals surface area (Å²) in [6.07, 6.45) is -4.49. The molecule has 3 aromatic rings. The quantitative estimate of drug-likeness (QED) is 0.390. The van der Waals surface area contributed by atoms with Crippen molar-refractivity contribution in [1.29, 1.82) is 0 Å². The number of para-hydroxylation sites is 1. The molecule has 9 heteroatoms. The maximum absolute atomic E-state index is 13.3. The Bertz CT molecular complexity index is 1310. The third-order valence-electron chi connectivity index (χ3n) is 6.14. The highest BCUT2D eigenvalue weighted by Crippen LogP contribution is 2.42. The fraction of sp³-hybridized carbons (Fsp3) is 0.231. The number of alkyl halides is 3. The Morgan fingerprint density at radius 2 is 1.77 bits per heavy atom. The molecule has 0 bridgehead atoms. The molecule has 2 aliphatic rings. The van der Waals surface area contributed by atoms with E-state index in [2.05, 4.69) is 0 Å². The summed E-state index contributed by atoms with van der Waals surface area (Å²) in [5.74, 6) is 0.999. The molecule has 0 unspecified atom stereocenters. The third-order valence-corrected chi connectivity index (χ3v) is 6.39. The molecule has 5 nitrogen and oxygen atoms in total. The first-order valence-corrected chi connectivity index (χ1v) is 11.5. The van der Waals surface area contributed by atoms with Crippen LogP contribution in [0.15, 0.2) is 71.7 Å². The van der Waals surface area contributed by atoms with Crippen molar-refractivity contribution in [3.05, 3.63) is 88.4 Å². The van der Waals surface area contributed by atoms with Crippen molar-refractivity contribution < 1.29 is 22.7 Å². The molecule has 0 saturated carbocycles. The maximum Gasteiger partial charge on any atom is 0.416 e. The molecule has 0 aromatic heterocycles. The summed E-state index contributed by atoms with van der Waals surface area (Å²) < 4.78 is 45.7. The largest absolute Gasteiger partial charge is 0.454 e. The van der Waals surface area contributed by atoms with Gasteiger partial charge >= 0.3 is 6.18 Å². The molecule has 1 saturated heterocycles. The van der Waals surface area contributed by atoms with E-state index in [0.717, 1.165) is 12.1 Å². The van der Waals surface area contributed by atoms with Gasteiger partial charge in [0.15, 0.2) is 5.75 Å². The second-order valence-corrected chi connectivity index (χ2v) is 8.95. The number of amides is 1. The summed E-state index contributed by atoms with van der Waals surface area (Å²) in [6, 6.07) is 17.1. The second-order valence-electron chi connectivity index (χ2n) is 8.51. The van der Waals surface area contributed by atoms with Crippen LogP contribution >= 0.6 is 11.6 Å². The fourth-order valence-electron chi connectivity index (χ4n) is 4.35. The van der Waals surface area contributed by atoms with Gasteiger partial charge in [-0.2, -0.15) is 13.2 Å². The lowest BCUT2D eigenvalue weighted by Gasteiger charge is -2.41. The number of hydrogen-bond acceptors (Lipinski definition) is 4. The van der Waals surface area contributed by atoms with E-state index in [1.165, 1.54) is 6.07 Å². The van der Waals surface area contributed by atoms with Crippen LogP contribution in [0.3, 0.4) is 0 Å². The number of rotatable bonds is 1. The van der Waals surface area contributed by atoms with Gasteiger partial charge < -0.3 is 14.5 Å². The molecule has 0 aliphatic carbocycles. The number of carbonyl (C=O) groups excluding carboxylic acids is 1. The van der Waals surface area contributed by atoms with Crippen LogP contribution in [0, 0.1) is 0 Å².